The molecule has 136 valence electrons. The Morgan fingerprint density at radius 1 is 1.15 bits per heavy atom. The zero-order chi connectivity index (χ0) is 18.4. The molecule has 8 nitrogen and oxygen atoms in total. The molecule has 1 aliphatic rings. The lowest BCUT2D eigenvalue weighted by Gasteiger charge is -2.13. The van der Waals surface area contributed by atoms with Crippen LogP contribution < -0.4 is 21.7 Å². The van der Waals surface area contributed by atoms with Crippen molar-refractivity contribution in [3.63, 3.8) is 0 Å². The largest absolute Gasteiger partial charge is 0.404 e. The van der Waals surface area contributed by atoms with Crippen molar-refractivity contribution in [2.45, 2.75) is 32.6 Å². The Morgan fingerprint density at radius 3 is 2.69 bits per heavy atom. The van der Waals surface area contributed by atoms with E-state index in [-0.39, 0.29) is 5.91 Å². The van der Waals surface area contributed by atoms with Crippen LogP contribution in [0.15, 0.2) is 30.5 Å². The highest BCUT2D eigenvalue weighted by molar-refractivity contribution is 5.91. The van der Waals surface area contributed by atoms with Crippen LogP contribution in [0.3, 0.4) is 0 Å². The number of allylic oxidation sites excluding steroid dienone is 1. The van der Waals surface area contributed by atoms with E-state index in [0.29, 0.717) is 37.1 Å². The lowest BCUT2D eigenvalue weighted by Crippen LogP contribution is -2.12. The molecule has 0 unspecified atom stereocenters. The second-order valence-electron chi connectivity index (χ2n) is 5.99. The number of benzene rings is 1. The van der Waals surface area contributed by atoms with Crippen LogP contribution in [0.5, 0.6) is 0 Å². The summed E-state index contributed by atoms with van der Waals surface area (Å²) in [5, 5.41) is 9.21. The van der Waals surface area contributed by atoms with Crippen molar-refractivity contribution in [1.29, 1.82) is 0 Å². The molecule has 1 aromatic heterocycles. The number of amides is 1. The molecule has 8 heteroatoms. The molecule has 4 bridgehead atoms. The first kappa shape index (κ1) is 17.7. The molecule has 2 aromatic rings. The Morgan fingerprint density at radius 2 is 1.92 bits per heavy atom. The molecule has 2 heterocycles. The maximum absolute atomic E-state index is 12.1. The minimum atomic E-state index is -0.000171. The number of anilines is 4. The minimum Gasteiger partial charge on any atom is -0.404 e. The predicted octanol–water partition coefficient (Wildman–Crippen LogP) is 2.86. The average molecular weight is 353 g/mol. The van der Waals surface area contributed by atoms with Gasteiger partial charge in [-0.1, -0.05) is 6.07 Å². The van der Waals surface area contributed by atoms with Gasteiger partial charge in [-0.3, -0.25) is 4.79 Å². The molecule has 0 atom stereocenters. The summed E-state index contributed by atoms with van der Waals surface area (Å²) in [4.78, 5) is 25.4. The zero-order valence-corrected chi connectivity index (χ0v) is 14.7. The van der Waals surface area contributed by atoms with Crippen molar-refractivity contribution in [3.8, 4) is 0 Å². The number of nitrogens with two attached hydrogens (primary N) is 1. The minimum absolute atomic E-state index is 0.000171. The van der Waals surface area contributed by atoms with E-state index in [1.165, 1.54) is 6.20 Å². The highest BCUT2D eigenvalue weighted by Crippen LogP contribution is 2.23. The normalized spacial score (nSPS) is 16.3. The van der Waals surface area contributed by atoms with Crippen molar-refractivity contribution in [1.82, 2.24) is 15.0 Å². The lowest BCUT2D eigenvalue weighted by atomic mass is 10.1. The van der Waals surface area contributed by atoms with E-state index in [1.54, 1.807) is 0 Å². The highest BCUT2D eigenvalue weighted by Gasteiger charge is 2.13. The van der Waals surface area contributed by atoms with Crippen LogP contribution in [0.4, 0.5) is 23.3 Å². The molecule has 0 radical (unpaired) electrons. The summed E-state index contributed by atoms with van der Waals surface area (Å²) in [6.07, 6.45) is 4.27. The fraction of sp³-hybridized carbons (Fsp3) is 0.333. The van der Waals surface area contributed by atoms with Gasteiger partial charge in [-0.25, -0.2) is 0 Å². The second-order valence-corrected chi connectivity index (χ2v) is 5.99. The summed E-state index contributed by atoms with van der Waals surface area (Å²) in [5.74, 6) is 1.46. The van der Waals surface area contributed by atoms with Crippen LogP contribution in [0, 0.1) is 0 Å². The van der Waals surface area contributed by atoms with Crippen LogP contribution in [0.1, 0.15) is 38.4 Å². The number of rotatable bonds is 2. The summed E-state index contributed by atoms with van der Waals surface area (Å²) in [6, 6.07) is 7.45. The topological polar surface area (TPSA) is 118 Å². The Balaban J connectivity index is 2.01. The van der Waals surface area contributed by atoms with Gasteiger partial charge in [-0.15, -0.1) is 0 Å². The first-order valence-electron chi connectivity index (χ1n) is 8.76. The molecule has 0 saturated carbocycles. The standard InChI is InChI=1S/C18H23N7O/c1-2-20-17-23-16-12(11-19)6-3-4-9-15(26)21-13-7-5-8-14(10-13)22-18(24-16)25-17/h5,7-8,10-11H,2-4,6,9,19H2,1H3,(H,21,26)(H2,20,22,23,24,25). The Kier molecular flexibility index (Phi) is 5.62. The number of fused-ring (bicyclic) bond motifs is 4. The van der Waals surface area contributed by atoms with Crippen molar-refractivity contribution in [2.75, 3.05) is 22.5 Å². The number of hydrogen-bond donors (Lipinski definition) is 4. The van der Waals surface area contributed by atoms with Gasteiger partial charge in [-0.2, -0.15) is 15.0 Å². The monoisotopic (exact) mass is 353 g/mol. The average Bonchev–Trinajstić information content (AvgIpc) is 2.61. The highest BCUT2D eigenvalue weighted by atomic mass is 16.1. The van der Waals surface area contributed by atoms with E-state index in [2.05, 4.69) is 30.9 Å². The second kappa shape index (κ2) is 8.28. The van der Waals surface area contributed by atoms with Crippen LogP contribution >= 0.6 is 0 Å². The van der Waals surface area contributed by atoms with Gasteiger partial charge in [0.1, 0.15) is 0 Å². The van der Waals surface area contributed by atoms with Gasteiger partial charge >= 0.3 is 0 Å². The third-order valence-electron chi connectivity index (χ3n) is 3.96. The molecule has 5 N–H and O–H groups in total. The van der Waals surface area contributed by atoms with Gasteiger partial charge < -0.3 is 21.7 Å². The van der Waals surface area contributed by atoms with Gasteiger partial charge in [-0.05, 0) is 44.4 Å². The SMILES string of the molecule is CCNc1nc2nc(n1)C(=CN)CCCCC(=O)Nc1cccc(c1)N2. The number of carbonyl (C=O) groups is 1. The maximum Gasteiger partial charge on any atom is 0.232 e. The number of nitrogens with one attached hydrogen (secondary N) is 3. The molecular weight excluding hydrogens is 330 g/mol. The molecule has 1 aromatic carbocycles. The number of hydrogen-bond acceptors (Lipinski definition) is 7. The van der Waals surface area contributed by atoms with Crippen molar-refractivity contribution < 1.29 is 4.79 Å². The summed E-state index contributed by atoms with van der Waals surface area (Å²) in [7, 11) is 0. The first-order valence-corrected chi connectivity index (χ1v) is 8.76. The molecule has 3 rings (SSSR count). The van der Waals surface area contributed by atoms with Crippen molar-refractivity contribution in [3.05, 3.63) is 36.3 Å². The fourth-order valence-electron chi connectivity index (χ4n) is 2.71. The molecule has 26 heavy (non-hydrogen) atoms. The Bertz CT molecular complexity index is 819. The molecule has 1 amide bonds. The van der Waals surface area contributed by atoms with Crippen LogP contribution in [0.2, 0.25) is 0 Å². The Labute approximate surface area is 152 Å². The van der Waals surface area contributed by atoms with Gasteiger partial charge in [0.05, 0.1) is 0 Å². The van der Waals surface area contributed by atoms with Crippen LogP contribution in [-0.2, 0) is 4.79 Å². The smallest absolute Gasteiger partial charge is 0.232 e. The third-order valence-corrected chi connectivity index (χ3v) is 3.96. The van der Waals surface area contributed by atoms with E-state index in [1.807, 2.05) is 31.2 Å². The molecule has 1 aliphatic heterocycles. The van der Waals surface area contributed by atoms with Gasteiger partial charge in [0.2, 0.25) is 17.8 Å². The van der Waals surface area contributed by atoms with E-state index < -0.39 is 0 Å². The summed E-state index contributed by atoms with van der Waals surface area (Å²) in [5.41, 5.74) is 8.15. The molecule has 0 aliphatic carbocycles. The summed E-state index contributed by atoms with van der Waals surface area (Å²) < 4.78 is 0. The van der Waals surface area contributed by atoms with E-state index >= 15 is 0 Å². The van der Waals surface area contributed by atoms with Crippen molar-refractivity contribution >= 4 is 34.8 Å². The van der Waals surface area contributed by atoms with Crippen molar-refractivity contribution in [2.24, 2.45) is 5.73 Å². The number of carbonyl (C=O) groups excluding carboxylic acids is 1. The first-order chi connectivity index (χ1) is 12.7. The van der Waals surface area contributed by atoms with Crippen LogP contribution in [0.25, 0.3) is 5.57 Å². The Hall–Kier alpha value is -3.16. The van der Waals surface area contributed by atoms with Gasteiger partial charge in [0.25, 0.3) is 0 Å². The predicted molar refractivity (Wildman–Crippen MR) is 103 cm³/mol. The number of aromatic nitrogens is 3. The molecular formula is C18H23N7O. The number of nitrogens with zero attached hydrogens (tertiary/aromatic N) is 3. The van der Waals surface area contributed by atoms with Gasteiger partial charge in [0, 0.05) is 36.1 Å². The quantitative estimate of drug-likeness (QED) is 0.655. The van der Waals surface area contributed by atoms with E-state index in [9.17, 15) is 4.79 Å². The fourth-order valence-corrected chi connectivity index (χ4v) is 2.71. The molecule has 0 fully saturated rings. The molecule has 0 spiro atoms. The van der Waals surface area contributed by atoms with E-state index in [4.69, 9.17) is 5.73 Å². The lowest BCUT2D eigenvalue weighted by molar-refractivity contribution is -0.116. The summed E-state index contributed by atoms with van der Waals surface area (Å²) >= 11 is 0. The summed E-state index contributed by atoms with van der Waals surface area (Å²) in [6.45, 7) is 2.68. The zero-order valence-electron chi connectivity index (χ0n) is 14.7. The molecule has 0 saturated heterocycles. The third kappa shape index (κ3) is 4.47. The van der Waals surface area contributed by atoms with Gasteiger partial charge in [0.15, 0.2) is 5.82 Å². The maximum atomic E-state index is 12.1. The van der Waals surface area contributed by atoms with Crippen LogP contribution in [-0.4, -0.2) is 27.4 Å². The van der Waals surface area contributed by atoms with E-state index in [0.717, 1.165) is 29.8 Å².